The Balaban J connectivity index is 2.10. The van der Waals surface area contributed by atoms with E-state index in [9.17, 15) is 9.18 Å². The van der Waals surface area contributed by atoms with Gasteiger partial charge in [0, 0.05) is 18.2 Å². The quantitative estimate of drug-likeness (QED) is 0.760. The highest BCUT2D eigenvalue weighted by atomic mass is 19.1. The van der Waals surface area contributed by atoms with Gasteiger partial charge in [-0.2, -0.15) is 0 Å². The number of anilines is 1. The monoisotopic (exact) mass is 265 g/mol. The van der Waals surface area contributed by atoms with Crippen molar-refractivity contribution >= 4 is 11.6 Å². The number of nitrogens with one attached hydrogen (secondary N) is 1. The molecule has 1 aliphatic rings. The van der Waals surface area contributed by atoms with E-state index >= 15 is 0 Å². The summed E-state index contributed by atoms with van der Waals surface area (Å²) in [6, 6.07) is 4.31. The van der Waals surface area contributed by atoms with Crippen LogP contribution in [-0.4, -0.2) is 18.5 Å². The third kappa shape index (κ3) is 3.23. The summed E-state index contributed by atoms with van der Waals surface area (Å²) >= 11 is 0. The maximum Gasteiger partial charge on any atom is 0.248 e. The summed E-state index contributed by atoms with van der Waals surface area (Å²) < 4.78 is 13.9. The first kappa shape index (κ1) is 13.8. The number of carbonyl (C=O) groups is 1. The van der Waals surface area contributed by atoms with Gasteiger partial charge in [0.05, 0.1) is 5.69 Å². The van der Waals surface area contributed by atoms with Crippen molar-refractivity contribution < 1.29 is 9.18 Å². The number of nitrogens with two attached hydrogens (primary N) is 2. The minimum Gasteiger partial charge on any atom is -0.378 e. The Hall–Kier alpha value is -1.62. The standard InChI is InChI=1S/C14H20FN3O/c15-11-7-10(14(17)19)5-6-12(11)18-13(8-16)9-3-1-2-4-9/h5-7,9,13,18H,1-4,8,16H2,(H2,17,19). The van der Waals surface area contributed by atoms with Crippen LogP contribution in [0.5, 0.6) is 0 Å². The van der Waals surface area contributed by atoms with Crippen molar-refractivity contribution in [3.8, 4) is 0 Å². The first-order valence-electron chi connectivity index (χ1n) is 6.67. The molecule has 5 N–H and O–H groups in total. The molecule has 104 valence electrons. The average molecular weight is 265 g/mol. The zero-order valence-corrected chi connectivity index (χ0v) is 10.9. The summed E-state index contributed by atoms with van der Waals surface area (Å²) in [4.78, 5) is 11.0. The maximum atomic E-state index is 13.9. The van der Waals surface area contributed by atoms with Gasteiger partial charge in [0.2, 0.25) is 5.91 Å². The summed E-state index contributed by atoms with van der Waals surface area (Å²) in [6.45, 7) is 0.474. The van der Waals surface area contributed by atoms with Crippen molar-refractivity contribution in [3.63, 3.8) is 0 Å². The molecule has 1 fully saturated rings. The van der Waals surface area contributed by atoms with Crippen LogP contribution in [0, 0.1) is 11.7 Å². The Morgan fingerprint density at radius 3 is 2.63 bits per heavy atom. The topological polar surface area (TPSA) is 81.1 Å². The van der Waals surface area contributed by atoms with Gasteiger partial charge in [-0.1, -0.05) is 12.8 Å². The lowest BCUT2D eigenvalue weighted by molar-refractivity contribution is 0.1000. The van der Waals surface area contributed by atoms with E-state index in [1.54, 1.807) is 6.07 Å². The molecule has 1 aromatic carbocycles. The molecule has 1 aromatic rings. The molecular formula is C14H20FN3O. The van der Waals surface area contributed by atoms with Crippen molar-refractivity contribution in [1.29, 1.82) is 0 Å². The van der Waals surface area contributed by atoms with Crippen LogP contribution in [0.1, 0.15) is 36.0 Å². The van der Waals surface area contributed by atoms with Crippen molar-refractivity contribution in [1.82, 2.24) is 0 Å². The highest BCUT2D eigenvalue weighted by Gasteiger charge is 2.24. The molecule has 0 aromatic heterocycles. The Bertz CT molecular complexity index is 458. The first-order valence-corrected chi connectivity index (χ1v) is 6.67. The van der Waals surface area contributed by atoms with Crippen molar-refractivity contribution in [2.24, 2.45) is 17.4 Å². The van der Waals surface area contributed by atoms with Gasteiger partial charge in [-0.25, -0.2) is 4.39 Å². The Kier molecular flexibility index (Phi) is 4.37. The summed E-state index contributed by atoms with van der Waals surface area (Å²) in [7, 11) is 0. The smallest absolute Gasteiger partial charge is 0.248 e. The summed E-state index contributed by atoms with van der Waals surface area (Å²) in [5.41, 5.74) is 11.4. The Labute approximate surface area is 112 Å². The summed E-state index contributed by atoms with van der Waals surface area (Å²) in [5, 5.41) is 3.15. The number of hydrogen-bond acceptors (Lipinski definition) is 3. The lowest BCUT2D eigenvalue weighted by Gasteiger charge is -2.24. The van der Waals surface area contributed by atoms with Crippen molar-refractivity contribution in [3.05, 3.63) is 29.6 Å². The molecule has 19 heavy (non-hydrogen) atoms. The maximum absolute atomic E-state index is 13.9. The normalized spacial score (nSPS) is 17.4. The van der Waals surface area contributed by atoms with Gasteiger partial charge in [-0.05, 0) is 37.0 Å². The van der Waals surface area contributed by atoms with E-state index in [4.69, 9.17) is 11.5 Å². The van der Waals surface area contributed by atoms with Gasteiger partial charge in [-0.3, -0.25) is 4.79 Å². The molecule has 1 amide bonds. The van der Waals surface area contributed by atoms with E-state index in [0.29, 0.717) is 18.2 Å². The van der Waals surface area contributed by atoms with E-state index in [1.807, 2.05) is 0 Å². The fourth-order valence-corrected chi connectivity index (χ4v) is 2.71. The zero-order chi connectivity index (χ0) is 13.8. The second-order valence-corrected chi connectivity index (χ2v) is 5.09. The number of benzene rings is 1. The molecule has 0 bridgehead atoms. The van der Waals surface area contributed by atoms with Crippen LogP contribution in [0.2, 0.25) is 0 Å². The molecule has 1 atom stereocenters. The van der Waals surface area contributed by atoms with Gasteiger partial charge < -0.3 is 16.8 Å². The fourth-order valence-electron chi connectivity index (χ4n) is 2.71. The molecule has 0 saturated heterocycles. The fraction of sp³-hybridized carbons (Fsp3) is 0.500. The number of carbonyl (C=O) groups excluding carboxylic acids is 1. The zero-order valence-electron chi connectivity index (χ0n) is 10.9. The van der Waals surface area contributed by atoms with E-state index in [0.717, 1.165) is 18.9 Å². The highest BCUT2D eigenvalue weighted by molar-refractivity contribution is 5.93. The summed E-state index contributed by atoms with van der Waals surface area (Å²) in [5.74, 6) is -0.593. The van der Waals surface area contributed by atoms with Crippen LogP contribution in [-0.2, 0) is 0 Å². The SMILES string of the molecule is NCC(Nc1ccc(C(N)=O)cc1F)C1CCCC1. The number of hydrogen-bond donors (Lipinski definition) is 3. The van der Waals surface area contributed by atoms with Gasteiger partial charge in [-0.15, -0.1) is 0 Å². The van der Waals surface area contributed by atoms with Crippen LogP contribution < -0.4 is 16.8 Å². The molecule has 0 radical (unpaired) electrons. The van der Waals surface area contributed by atoms with Crippen LogP contribution in [0.15, 0.2) is 18.2 Å². The second-order valence-electron chi connectivity index (χ2n) is 5.09. The van der Waals surface area contributed by atoms with E-state index < -0.39 is 11.7 Å². The largest absolute Gasteiger partial charge is 0.378 e. The Morgan fingerprint density at radius 2 is 2.11 bits per heavy atom. The second kappa shape index (κ2) is 6.02. The van der Waals surface area contributed by atoms with Gasteiger partial charge in [0.15, 0.2) is 0 Å². The van der Waals surface area contributed by atoms with E-state index in [1.165, 1.54) is 18.9 Å². The predicted octanol–water partition coefficient (Wildman–Crippen LogP) is 1.85. The highest BCUT2D eigenvalue weighted by Crippen LogP contribution is 2.29. The van der Waals surface area contributed by atoms with Crippen LogP contribution >= 0.6 is 0 Å². The first-order chi connectivity index (χ1) is 9.11. The lowest BCUT2D eigenvalue weighted by atomic mass is 9.98. The van der Waals surface area contributed by atoms with Crippen LogP contribution in [0.4, 0.5) is 10.1 Å². The minimum absolute atomic E-state index is 0.0800. The molecule has 0 spiro atoms. The van der Waals surface area contributed by atoms with Gasteiger partial charge in [0.25, 0.3) is 0 Å². The van der Waals surface area contributed by atoms with Crippen molar-refractivity contribution in [2.75, 3.05) is 11.9 Å². The number of primary amides is 1. The molecule has 0 heterocycles. The van der Waals surface area contributed by atoms with Crippen molar-refractivity contribution in [2.45, 2.75) is 31.7 Å². The van der Waals surface area contributed by atoms with E-state index in [-0.39, 0.29) is 11.6 Å². The third-order valence-corrected chi connectivity index (χ3v) is 3.82. The molecule has 5 heteroatoms. The van der Waals surface area contributed by atoms with Gasteiger partial charge in [0.1, 0.15) is 5.82 Å². The molecule has 1 saturated carbocycles. The number of amides is 1. The molecule has 1 unspecified atom stereocenters. The molecular weight excluding hydrogens is 245 g/mol. The van der Waals surface area contributed by atoms with E-state index in [2.05, 4.69) is 5.32 Å². The number of rotatable bonds is 5. The molecule has 4 nitrogen and oxygen atoms in total. The predicted molar refractivity (Wildman–Crippen MR) is 73.3 cm³/mol. The van der Waals surface area contributed by atoms with Gasteiger partial charge >= 0.3 is 0 Å². The Morgan fingerprint density at radius 1 is 1.42 bits per heavy atom. The van der Waals surface area contributed by atoms with Crippen LogP contribution in [0.25, 0.3) is 0 Å². The lowest BCUT2D eigenvalue weighted by Crippen LogP contribution is -2.35. The molecule has 1 aliphatic carbocycles. The molecule has 2 rings (SSSR count). The number of halogens is 1. The third-order valence-electron chi connectivity index (χ3n) is 3.82. The van der Waals surface area contributed by atoms with Crippen LogP contribution in [0.3, 0.4) is 0 Å². The average Bonchev–Trinajstić information content (AvgIpc) is 2.91. The minimum atomic E-state index is -0.628. The molecule has 0 aliphatic heterocycles. The summed E-state index contributed by atoms with van der Waals surface area (Å²) in [6.07, 6.45) is 4.70.